The average molecular weight is 479 g/mol. The second kappa shape index (κ2) is 8.14. The highest BCUT2D eigenvalue weighted by molar-refractivity contribution is 6.03. The van der Waals surface area contributed by atoms with Gasteiger partial charge >= 0.3 is 0 Å². The molecule has 2 N–H and O–H groups in total. The van der Waals surface area contributed by atoms with Gasteiger partial charge in [-0.2, -0.15) is 0 Å². The molecule has 4 aromatic rings. The molecule has 1 aliphatic carbocycles. The number of benzene rings is 1. The molecule has 1 saturated carbocycles. The molecule has 0 unspecified atom stereocenters. The van der Waals surface area contributed by atoms with Gasteiger partial charge in [-0.05, 0) is 37.1 Å². The minimum atomic E-state index is -2.60. The largest absolute Gasteiger partial charge is 0.436 e. The molecule has 0 atom stereocenters. The van der Waals surface area contributed by atoms with Crippen LogP contribution in [0.4, 0.5) is 26.1 Å². The summed E-state index contributed by atoms with van der Waals surface area (Å²) < 4.78 is 33.2. The van der Waals surface area contributed by atoms with Crippen LogP contribution in [0.25, 0.3) is 33.3 Å². The Balaban J connectivity index is 1.37. The molecule has 8 nitrogen and oxygen atoms in total. The molecule has 3 aromatic heterocycles. The number of fused-ring (bicyclic) bond motifs is 2. The van der Waals surface area contributed by atoms with Gasteiger partial charge in [0.2, 0.25) is 11.8 Å². The van der Waals surface area contributed by atoms with E-state index < -0.39 is 5.92 Å². The lowest BCUT2D eigenvalue weighted by Crippen LogP contribution is -2.39. The van der Waals surface area contributed by atoms with Crippen molar-refractivity contribution >= 4 is 45.1 Å². The van der Waals surface area contributed by atoms with Crippen LogP contribution in [0.1, 0.15) is 25.7 Å². The summed E-state index contributed by atoms with van der Waals surface area (Å²) >= 11 is 0. The minimum Gasteiger partial charge on any atom is -0.436 e. The fourth-order valence-electron chi connectivity index (χ4n) is 4.47. The number of amides is 1. The number of carbonyl (C=O) groups is 1. The van der Waals surface area contributed by atoms with Gasteiger partial charge in [-0.1, -0.05) is 0 Å². The Kier molecular flexibility index (Phi) is 5.05. The number of carbonyl (C=O) groups excluding carboxylic acids is 1. The van der Waals surface area contributed by atoms with Crippen LogP contribution in [0.5, 0.6) is 0 Å². The first-order valence-electron chi connectivity index (χ1n) is 11.7. The normalized spacial score (nSPS) is 17.6. The molecule has 2 aliphatic rings. The van der Waals surface area contributed by atoms with E-state index in [1.807, 2.05) is 29.2 Å². The van der Waals surface area contributed by atoms with E-state index in [4.69, 9.17) is 9.40 Å². The van der Waals surface area contributed by atoms with E-state index in [1.165, 1.54) is 0 Å². The van der Waals surface area contributed by atoms with Gasteiger partial charge in [0.25, 0.3) is 5.92 Å². The highest BCUT2D eigenvalue weighted by Crippen LogP contribution is 2.36. The fraction of sp³-hybridized carbons (Fsp3) is 0.360. The van der Waals surface area contributed by atoms with Crippen LogP contribution in [0, 0.1) is 5.92 Å². The van der Waals surface area contributed by atoms with Gasteiger partial charge in [-0.25, -0.2) is 23.7 Å². The Morgan fingerprint density at radius 1 is 1.11 bits per heavy atom. The molecule has 10 heteroatoms. The van der Waals surface area contributed by atoms with Gasteiger partial charge in [0, 0.05) is 67.8 Å². The van der Waals surface area contributed by atoms with Crippen molar-refractivity contribution in [2.75, 3.05) is 35.7 Å². The molecule has 1 amide bonds. The fourth-order valence-corrected chi connectivity index (χ4v) is 4.47. The standard InChI is InChI=1S/C25H24F2N6O2/c1-28-22-17-12-29-21(32-23(34)14-2-3-14)11-16(17)18(13-30-22)24-31-19-10-15(4-5-20(19)35-24)33-8-6-25(26,27)7-9-33/h4-5,10-14H,2-3,6-9H2,1H3,(H,28,30)(H,29,32,34). The molecular formula is C25H24F2N6O2. The van der Waals surface area contributed by atoms with Crippen molar-refractivity contribution < 1.29 is 18.0 Å². The van der Waals surface area contributed by atoms with E-state index in [0.717, 1.165) is 29.3 Å². The van der Waals surface area contributed by atoms with Gasteiger partial charge in [0.15, 0.2) is 5.58 Å². The number of alkyl halides is 2. The number of rotatable bonds is 5. The van der Waals surface area contributed by atoms with Crippen molar-refractivity contribution in [2.45, 2.75) is 31.6 Å². The van der Waals surface area contributed by atoms with Crippen LogP contribution < -0.4 is 15.5 Å². The average Bonchev–Trinajstić information content (AvgIpc) is 3.62. The molecule has 6 rings (SSSR count). The molecule has 180 valence electrons. The lowest BCUT2D eigenvalue weighted by Gasteiger charge is -2.33. The Morgan fingerprint density at radius 3 is 2.66 bits per heavy atom. The van der Waals surface area contributed by atoms with Crippen LogP contribution in [0.15, 0.2) is 41.1 Å². The van der Waals surface area contributed by atoms with Crippen molar-refractivity contribution in [1.82, 2.24) is 15.0 Å². The Hall–Kier alpha value is -3.82. The Labute approximate surface area is 199 Å². The molecule has 0 radical (unpaired) electrons. The summed E-state index contributed by atoms with van der Waals surface area (Å²) in [6, 6.07) is 7.36. The summed E-state index contributed by atoms with van der Waals surface area (Å²) in [4.78, 5) is 27.8. The molecule has 35 heavy (non-hydrogen) atoms. The second-order valence-electron chi connectivity index (χ2n) is 9.16. The first kappa shape index (κ1) is 21.7. The highest BCUT2D eigenvalue weighted by Gasteiger charge is 2.34. The Bertz CT molecular complexity index is 1440. The van der Waals surface area contributed by atoms with Crippen molar-refractivity contribution in [3.63, 3.8) is 0 Å². The number of pyridine rings is 2. The summed E-state index contributed by atoms with van der Waals surface area (Å²) in [6.45, 7) is 0.594. The predicted molar refractivity (Wildman–Crippen MR) is 130 cm³/mol. The van der Waals surface area contributed by atoms with E-state index in [9.17, 15) is 13.6 Å². The topological polar surface area (TPSA) is 96.2 Å². The third kappa shape index (κ3) is 4.13. The number of nitrogens with zero attached hydrogens (tertiary/aromatic N) is 4. The Morgan fingerprint density at radius 2 is 1.91 bits per heavy atom. The zero-order valence-corrected chi connectivity index (χ0v) is 19.1. The molecular weight excluding hydrogens is 454 g/mol. The highest BCUT2D eigenvalue weighted by atomic mass is 19.3. The summed E-state index contributed by atoms with van der Waals surface area (Å²) in [6.07, 6.45) is 4.86. The summed E-state index contributed by atoms with van der Waals surface area (Å²) in [5.41, 5.74) is 2.74. The molecule has 1 aliphatic heterocycles. The maximum Gasteiger partial charge on any atom is 0.251 e. The van der Waals surface area contributed by atoms with Crippen LogP contribution >= 0.6 is 0 Å². The number of halogens is 2. The first-order chi connectivity index (χ1) is 16.9. The number of hydrogen-bond donors (Lipinski definition) is 2. The van der Waals surface area contributed by atoms with E-state index in [-0.39, 0.29) is 24.7 Å². The molecule has 2 fully saturated rings. The third-order valence-corrected chi connectivity index (χ3v) is 6.67. The van der Waals surface area contributed by atoms with Crippen LogP contribution in [0.3, 0.4) is 0 Å². The number of aromatic nitrogens is 3. The van der Waals surface area contributed by atoms with Crippen molar-refractivity contribution in [1.29, 1.82) is 0 Å². The number of nitrogens with one attached hydrogen (secondary N) is 2. The molecule has 0 spiro atoms. The molecule has 4 heterocycles. The molecule has 1 saturated heterocycles. The SMILES string of the molecule is CNc1ncc(-c2nc3cc(N4CCC(F)(F)CC4)ccc3o2)c2cc(NC(=O)C3CC3)ncc12. The number of anilines is 3. The lowest BCUT2D eigenvalue weighted by molar-refractivity contribution is -0.117. The third-order valence-electron chi connectivity index (χ3n) is 6.67. The maximum atomic E-state index is 13.6. The second-order valence-corrected chi connectivity index (χ2v) is 9.16. The molecule has 1 aromatic carbocycles. The van der Waals surface area contributed by atoms with Gasteiger partial charge in [-0.3, -0.25) is 4.79 Å². The minimum absolute atomic E-state index is 0.0221. The van der Waals surface area contributed by atoms with E-state index in [1.54, 1.807) is 19.4 Å². The summed E-state index contributed by atoms with van der Waals surface area (Å²) in [7, 11) is 1.78. The number of oxazole rings is 1. The van der Waals surface area contributed by atoms with Crippen LogP contribution in [0.2, 0.25) is 0 Å². The predicted octanol–water partition coefficient (Wildman–Crippen LogP) is 5.06. The van der Waals surface area contributed by atoms with E-state index in [0.29, 0.717) is 47.3 Å². The van der Waals surface area contributed by atoms with Crippen LogP contribution in [-0.2, 0) is 4.79 Å². The van der Waals surface area contributed by atoms with Crippen molar-refractivity contribution in [3.8, 4) is 11.5 Å². The lowest BCUT2D eigenvalue weighted by atomic mass is 10.1. The summed E-state index contributed by atoms with van der Waals surface area (Å²) in [5, 5.41) is 7.51. The van der Waals surface area contributed by atoms with Gasteiger partial charge in [-0.15, -0.1) is 0 Å². The first-order valence-corrected chi connectivity index (χ1v) is 11.7. The zero-order valence-electron chi connectivity index (χ0n) is 19.1. The zero-order chi connectivity index (χ0) is 24.2. The van der Waals surface area contributed by atoms with Gasteiger partial charge in [0.1, 0.15) is 17.2 Å². The van der Waals surface area contributed by atoms with E-state index >= 15 is 0 Å². The smallest absolute Gasteiger partial charge is 0.251 e. The summed E-state index contributed by atoms with van der Waals surface area (Å²) in [5.74, 6) is -1.06. The molecule has 0 bridgehead atoms. The monoisotopic (exact) mass is 478 g/mol. The van der Waals surface area contributed by atoms with Crippen LogP contribution in [-0.4, -0.2) is 46.9 Å². The van der Waals surface area contributed by atoms with E-state index in [2.05, 4.69) is 20.6 Å². The quantitative estimate of drug-likeness (QED) is 0.414. The van der Waals surface area contributed by atoms with Crippen molar-refractivity contribution in [2.24, 2.45) is 5.92 Å². The van der Waals surface area contributed by atoms with Gasteiger partial charge < -0.3 is 20.0 Å². The maximum absolute atomic E-state index is 13.6. The number of piperidine rings is 1. The number of hydrogen-bond acceptors (Lipinski definition) is 7. The van der Waals surface area contributed by atoms with Crippen molar-refractivity contribution in [3.05, 3.63) is 36.7 Å². The van der Waals surface area contributed by atoms with Gasteiger partial charge in [0.05, 0.1) is 5.56 Å².